The molecule has 2 aromatic carbocycles. The fourth-order valence-electron chi connectivity index (χ4n) is 3.94. The van der Waals surface area contributed by atoms with E-state index in [1.807, 2.05) is 40.7 Å². The van der Waals surface area contributed by atoms with Crippen LogP contribution in [0.25, 0.3) is 0 Å². The molecule has 3 aromatic rings. The highest BCUT2D eigenvalue weighted by Gasteiger charge is 2.26. The van der Waals surface area contributed by atoms with Crippen molar-refractivity contribution in [2.45, 2.75) is 31.1 Å². The van der Waals surface area contributed by atoms with Crippen LogP contribution in [0.3, 0.4) is 0 Å². The number of carbonyl (C=O) groups is 2. The van der Waals surface area contributed by atoms with Crippen molar-refractivity contribution >= 4 is 29.3 Å². The third kappa shape index (κ3) is 4.92. The molecule has 10 heteroatoms. The zero-order chi connectivity index (χ0) is 24.1. The van der Waals surface area contributed by atoms with Crippen LogP contribution in [0.4, 0.5) is 5.69 Å². The van der Waals surface area contributed by atoms with Crippen LogP contribution >= 0.6 is 11.8 Å². The third-order valence-electron chi connectivity index (χ3n) is 5.73. The van der Waals surface area contributed by atoms with Crippen molar-refractivity contribution in [3.8, 4) is 5.75 Å². The second-order valence-corrected chi connectivity index (χ2v) is 8.68. The fraction of sp³-hybridized carbons (Fsp3) is 0.333. The monoisotopic (exact) mass is 481 g/mol. The molecule has 2 N–H and O–H groups in total. The predicted octanol–water partition coefficient (Wildman–Crippen LogP) is 2.45. The number of aliphatic hydroxyl groups excluding tert-OH is 1. The lowest BCUT2D eigenvalue weighted by molar-refractivity contribution is -0.116. The summed E-state index contributed by atoms with van der Waals surface area (Å²) in [5.41, 5.74) is 2.58. The number of thioether (sulfide) groups is 1. The number of anilines is 1. The first kappa shape index (κ1) is 23.8. The Labute approximate surface area is 202 Å². The Morgan fingerprint density at radius 2 is 1.94 bits per heavy atom. The highest BCUT2D eigenvalue weighted by Crippen LogP contribution is 2.29. The van der Waals surface area contributed by atoms with Crippen LogP contribution in [-0.2, 0) is 17.8 Å². The third-order valence-corrected chi connectivity index (χ3v) is 6.68. The minimum Gasteiger partial charge on any atom is -0.497 e. The molecule has 1 aromatic heterocycles. The van der Waals surface area contributed by atoms with E-state index in [2.05, 4.69) is 15.5 Å². The number of hydrogen-bond donors (Lipinski definition) is 2. The number of methoxy groups -OCH3 is 1. The minimum atomic E-state index is -0.738. The van der Waals surface area contributed by atoms with Crippen molar-refractivity contribution in [3.63, 3.8) is 0 Å². The summed E-state index contributed by atoms with van der Waals surface area (Å²) in [7, 11) is 1.56. The number of carbonyl (C=O) groups excluding carboxylic acids is 2. The standard InChI is InChI=1S/C24H27N5O4S/c1-3-28-22(19(14-30)25-23(32)17-8-10-18(33-2)11-9-17)26-27-24(28)34-15-21(31)29-13-12-16-6-4-5-7-20(16)29/h4-11,19,30H,3,12-15H2,1-2H3,(H,25,32)/t19-/m0/s1. The number of nitrogens with zero attached hydrogens (tertiary/aromatic N) is 4. The molecule has 0 aliphatic carbocycles. The van der Waals surface area contributed by atoms with E-state index in [-0.39, 0.29) is 24.2 Å². The van der Waals surface area contributed by atoms with Crippen LogP contribution in [0.15, 0.2) is 53.7 Å². The van der Waals surface area contributed by atoms with Crippen LogP contribution in [0.5, 0.6) is 5.75 Å². The molecule has 0 unspecified atom stereocenters. The molecule has 34 heavy (non-hydrogen) atoms. The smallest absolute Gasteiger partial charge is 0.251 e. The lowest BCUT2D eigenvalue weighted by atomic mass is 10.2. The molecule has 1 aliphatic heterocycles. The number of ether oxygens (including phenoxy) is 1. The summed E-state index contributed by atoms with van der Waals surface area (Å²) in [6.07, 6.45) is 0.855. The van der Waals surface area contributed by atoms with Gasteiger partial charge in [-0.15, -0.1) is 10.2 Å². The van der Waals surface area contributed by atoms with Gasteiger partial charge in [0.25, 0.3) is 5.91 Å². The van der Waals surface area contributed by atoms with Gasteiger partial charge in [-0.3, -0.25) is 9.59 Å². The fourth-order valence-corrected chi connectivity index (χ4v) is 4.82. The van der Waals surface area contributed by atoms with E-state index in [1.54, 1.807) is 31.4 Å². The Kier molecular flexibility index (Phi) is 7.49. The Morgan fingerprint density at radius 1 is 1.18 bits per heavy atom. The molecule has 0 bridgehead atoms. The molecule has 0 radical (unpaired) electrons. The van der Waals surface area contributed by atoms with Crippen molar-refractivity contribution < 1.29 is 19.4 Å². The highest BCUT2D eigenvalue weighted by molar-refractivity contribution is 7.99. The second kappa shape index (κ2) is 10.7. The van der Waals surface area contributed by atoms with Gasteiger partial charge in [-0.2, -0.15) is 0 Å². The van der Waals surface area contributed by atoms with Crippen LogP contribution in [0.2, 0.25) is 0 Å². The number of fused-ring (bicyclic) bond motifs is 1. The summed E-state index contributed by atoms with van der Waals surface area (Å²) >= 11 is 1.30. The number of aromatic nitrogens is 3. The van der Waals surface area contributed by atoms with Crippen molar-refractivity contribution in [2.24, 2.45) is 0 Å². The molecule has 4 rings (SSSR count). The first-order valence-corrected chi connectivity index (χ1v) is 12.0. The summed E-state index contributed by atoms with van der Waals surface area (Å²) in [4.78, 5) is 27.4. The molecule has 1 aliphatic rings. The number of benzene rings is 2. The van der Waals surface area contributed by atoms with Gasteiger partial charge >= 0.3 is 0 Å². The Bertz CT molecular complexity index is 1160. The van der Waals surface area contributed by atoms with Crippen LogP contribution in [-0.4, -0.2) is 57.7 Å². The summed E-state index contributed by atoms with van der Waals surface area (Å²) < 4.78 is 6.93. The summed E-state index contributed by atoms with van der Waals surface area (Å²) in [5.74, 6) is 0.968. The first-order chi connectivity index (χ1) is 16.5. The minimum absolute atomic E-state index is 0.00803. The number of hydrogen-bond acceptors (Lipinski definition) is 7. The molecule has 0 saturated heterocycles. The lowest BCUT2D eigenvalue weighted by Gasteiger charge is -2.18. The van der Waals surface area contributed by atoms with E-state index < -0.39 is 6.04 Å². The van der Waals surface area contributed by atoms with Crippen molar-refractivity contribution in [1.29, 1.82) is 0 Å². The maximum absolute atomic E-state index is 12.9. The highest BCUT2D eigenvalue weighted by atomic mass is 32.2. The van der Waals surface area contributed by atoms with Crippen molar-refractivity contribution in [3.05, 3.63) is 65.5 Å². The molecule has 1 atom stereocenters. The molecule has 0 saturated carbocycles. The largest absolute Gasteiger partial charge is 0.497 e. The maximum Gasteiger partial charge on any atom is 0.251 e. The zero-order valence-electron chi connectivity index (χ0n) is 19.1. The first-order valence-electron chi connectivity index (χ1n) is 11.1. The molecule has 2 heterocycles. The number of aliphatic hydroxyl groups is 1. The summed E-state index contributed by atoms with van der Waals surface area (Å²) in [5, 5.41) is 21.8. The zero-order valence-corrected chi connectivity index (χ0v) is 19.9. The van der Waals surface area contributed by atoms with Crippen LogP contribution in [0, 0.1) is 0 Å². The molecule has 9 nitrogen and oxygen atoms in total. The van der Waals surface area contributed by atoms with E-state index in [4.69, 9.17) is 4.74 Å². The van der Waals surface area contributed by atoms with Gasteiger partial charge < -0.3 is 24.6 Å². The number of nitrogens with one attached hydrogen (secondary N) is 1. The van der Waals surface area contributed by atoms with Gasteiger partial charge in [0, 0.05) is 24.3 Å². The SMILES string of the molecule is CCn1c(SCC(=O)N2CCc3ccccc32)nnc1[C@H](CO)NC(=O)c1ccc(OC)cc1. The topological polar surface area (TPSA) is 110 Å². The van der Waals surface area contributed by atoms with Gasteiger partial charge in [0.15, 0.2) is 11.0 Å². The van der Waals surface area contributed by atoms with E-state index in [0.29, 0.717) is 35.4 Å². The quantitative estimate of drug-likeness (QED) is 0.452. The molecule has 0 fully saturated rings. The van der Waals surface area contributed by atoms with Gasteiger partial charge in [0.2, 0.25) is 5.91 Å². The van der Waals surface area contributed by atoms with Gasteiger partial charge in [-0.1, -0.05) is 30.0 Å². The van der Waals surface area contributed by atoms with Gasteiger partial charge in [-0.25, -0.2) is 0 Å². The number of para-hydroxylation sites is 1. The Balaban J connectivity index is 1.43. The predicted molar refractivity (Wildman–Crippen MR) is 129 cm³/mol. The van der Waals surface area contributed by atoms with Gasteiger partial charge in [-0.05, 0) is 49.2 Å². The number of rotatable bonds is 9. The average Bonchev–Trinajstić information content (AvgIpc) is 3.49. The Morgan fingerprint density at radius 3 is 2.65 bits per heavy atom. The van der Waals surface area contributed by atoms with Crippen LogP contribution in [0.1, 0.15) is 34.7 Å². The van der Waals surface area contributed by atoms with Gasteiger partial charge in [0.1, 0.15) is 11.8 Å². The van der Waals surface area contributed by atoms with E-state index in [0.717, 1.165) is 12.1 Å². The second-order valence-electron chi connectivity index (χ2n) is 7.73. The normalized spacial score (nSPS) is 13.4. The molecule has 0 spiro atoms. The maximum atomic E-state index is 12.9. The number of amides is 2. The summed E-state index contributed by atoms with van der Waals surface area (Å²) in [6, 6.07) is 13.9. The molecule has 2 amide bonds. The summed E-state index contributed by atoms with van der Waals surface area (Å²) in [6.45, 7) is 2.79. The van der Waals surface area contributed by atoms with E-state index >= 15 is 0 Å². The molecule has 178 valence electrons. The lowest BCUT2D eigenvalue weighted by Crippen LogP contribution is -2.33. The van der Waals surface area contributed by atoms with Gasteiger partial charge in [0.05, 0.1) is 19.5 Å². The average molecular weight is 482 g/mol. The molecular weight excluding hydrogens is 454 g/mol. The molecular formula is C24H27N5O4S. The Hall–Kier alpha value is -3.37. The van der Waals surface area contributed by atoms with E-state index in [1.165, 1.54) is 17.3 Å². The van der Waals surface area contributed by atoms with Crippen molar-refractivity contribution in [2.75, 3.05) is 30.9 Å². The van der Waals surface area contributed by atoms with E-state index in [9.17, 15) is 14.7 Å². The van der Waals surface area contributed by atoms with Crippen molar-refractivity contribution in [1.82, 2.24) is 20.1 Å². The van der Waals surface area contributed by atoms with Crippen LogP contribution < -0.4 is 15.0 Å².